The largest absolute Gasteiger partial charge is 0.478 e. The minimum absolute atomic E-state index is 0.0548. The summed E-state index contributed by atoms with van der Waals surface area (Å²) in [5.41, 5.74) is 5.57. The zero-order chi connectivity index (χ0) is 24.4. The molecular weight excluding hydrogens is 440 g/mol. The number of nitrogens with zero attached hydrogens (tertiary/aromatic N) is 3. The van der Waals surface area contributed by atoms with E-state index in [-0.39, 0.29) is 11.6 Å². The number of carbonyl (C=O) groups excluding carboxylic acids is 1. The van der Waals surface area contributed by atoms with Crippen LogP contribution < -0.4 is 5.32 Å². The Hall–Kier alpha value is -4.13. The molecule has 0 unspecified atom stereocenters. The number of aromatic carboxylic acids is 1. The van der Waals surface area contributed by atoms with Crippen LogP contribution in [-0.4, -0.2) is 44.6 Å². The standard InChI is InChI=1S/C28H28N4O3/c1-2-26-30-24-14-13-21(29-28(35)31-15-5-6-16-31)17-25(24)32(26)18-19-9-11-20(12-10-19)22-7-3-4-8-23(22)27(33)34/h3-4,7-14,17H,2,5-6,15-16,18H2,1H3,(H,29,35)(H,33,34). The van der Waals surface area contributed by atoms with Crippen molar-refractivity contribution in [1.82, 2.24) is 14.5 Å². The first-order valence-corrected chi connectivity index (χ1v) is 12.0. The molecular formula is C28H28N4O3. The molecule has 7 heteroatoms. The van der Waals surface area contributed by atoms with E-state index < -0.39 is 5.97 Å². The van der Waals surface area contributed by atoms with E-state index in [0.717, 1.165) is 66.0 Å². The molecule has 4 aromatic rings. The van der Waals surface area contributed by atoms with E-state index in [2.05, 4.69) is 16.8 Å². The van der Waals surface area contributed by atoms with Crippen LogP contribution in [-0.2, 0) is 13.0 Å². The molecule has 7 nitrogen and oxygen atoms in total. The molecule has 2 heterocycles. The highest BCUT2D eigenvalue weighted by Gasteiger charge is 2.18. The third-order valence-electron chi connectivity index (χ3n) is 6.55. The third kappa shape index (κ3) is 4.62. The number of nitrogens with one attached hydrogen (secondary N) is 1. The van der Waals surface area contributed by atoms with Gasteiger partial charge in [-0.1, -0.05) is 49.4 Å². The summed E-state index contributed by atoms with van der Waals surface area (Å²) in [5.74, 6) is 0.0399. The third-order valence-corrected chi connectivity index (χ3v) is 6.55. The van der Waals surface area contributed by atoms with Crippen molar-refractivity contribution in [3.05, 3.63) is 83.7 Å². The number of rotatable bonds is 6. The van der Waals surface area contributed by atoms with Crippen molar-refractivity contribution < 1.29 is 14.7 Å². The number of anilines is 1. The normalized spacial score (nSPS) is 13.3. The number of hydrogen-bond acceptors (Lipinski definition) is 3. The highest BCUT2D eigenvalue weighted by Crippen LogP contribution is 2.26. The molecule has 0 radical (unpaired) electrons. The zero-order valence-corrected chi connectivity index (χ0v) is 19.7. The first-order chi connectivity index (χ1) is 17.0. The molecule has 1 fully saturated rings. The number of likely N-dealkylation sites (tertiary alicyclic amines) is 1. The average Bonchev–Trinajstić information content (AvgIpc) is 3.53. The van der Waals surface area contributed by atoms with Gasteiger partial charge in [-0.25, -0.2) is 14.6 Å². The number of urea groups is 1. The van der Waals surface area contributed by atoms with Gasteiger partial charge in [0.2, 0.25) is 0 Å². The highest BCUT2D eigenvalue weighted by atomic mass is 16.4. The minimum Gasteiger partial charge on any atom is -0.478 e. The summed E-state index contributed by atoms with van der Waals surface area (Å²) in [7, 11) is 0. The average molecular weight is 469 g/mol. The van der Waals surface area contributed by atoms with Gasteiger partial charge in [0.1, 0.15) is 5.82 Å². The Kier molecular flexibility index (Phi) is 6.23. The molecule has 5 rings (SSSR count). The Morgan fingerprint density at radius 2 is 1.74 bits per heavy atom. The van der Waals surface area contributed by atoms with Crippen molar-refractivity contribution >= 4 is 28.7 Å². The summed E-state index contributed by atoms with van der Waals surface area (Å²) >= 11 is 0. The van der Waals surface area contributed by atoms with E-state index >= 15 is 0 Å². The van der Waals surface area contributed by atoms with E-state index in [1.54, 1.807) is 12.1 Å². The lowest BCUT2D eigenvalue weighted by atomic mass is 9.99. The summed E-state index contributed by atoms with van der Waals surface area (Å²) in [6.45, 7) is 4.32. The molecule has 1 saturated heterocycles. The van der Waals surface area contributed by atoms with E-state index in [1.165, 1.54) is 0 Å². The van der Waals surface area contributed by atoms with Crippen molar-refractivity contribution in [2.24, 2.45) is 0 Å². The number of amides is 2. The van der Waals surface area contributed by atoms with Crippen LogP contribution in [0, 0.1) is 0 Å². The number of aromatic nitrogens is 2. The lowest BCUT2D eigenvalue weighted by Gasteiger charge is -2.16. The molecule has 0 bridgehead atoms. The van der Waals surface area contributed by atoms with Crippen LogP contribution in [0.2, 0.25) is 0 Å². The molecule has 2 N–H and O–H groups in total. The molecule has 0 atom stereocenters. The predicted octanol–water partition coefficient (Wildman–Crippen LogP) is 5.64. The second-order valence-electron chi connectivity index (χ2n) is 8.84. The van der Waals surface area contributed by atoms with Crippen LogP contribution >= 0.6 is 0 Å². The molecule has 0 spiro atoms. The van der Waals surface area contributed by atoms with Gasteiger partial charge in [0, 0.05) is 31.7 Å². The predicted molar refractivity (Wildman–Crippen MR) is 137 cm³/mol. The summed E-state index contributed by atoms with van der Waals surface area (Å²) in [6.07, 6.45) is 2.90. The molecule has 1 aromatic heterocycles. The SMILES string of the molecule is CCc1nc2ccc(NC(=O)N3CCCC3)cc2n1Cc1ccc(-c2ccccc2C(=O)O)cc1. The van der Waals surface area contributed by atoms with Gasteiger partial charge >= 0.3 is 12.0 Å². The molecule has 0 saturated carbocycles. The molecule has 1 aliphatic heterocycles. The Labute approximate surface area is 204 Å². The maximum absolute atomic E-state index is 12.6. The monoisotopic (exact) mass is 468 g/mol. The number of carboxylic acids is 1. The Morgan fingerprint density at radius 3 is 2.46 bits per heavy atom. The Bertz CT molecular complexity index is 1390. The second-order valence-corrected chi connectivity index (χ2v) is 8.84. The fourth-order valence-electron chi connectivity index (χ4n) is 4.71. The van der Waals surface area contributed by atoms with Gasteiger partial charge in [-0.3, -0.25) is 0 Å². The maximum atomic E-state index is 12.6. The van der Waals surface area contributed by atoms with Gasteiger partial charge in [0.15, 0.2) is 0 Å². The zero-order valence-electron chi connectivity index (χ0n) is 19.7. The van der Waals surface area contributed by atoms with Crippen molar-refractivity contribution in [3.8, 4) is 11.1 Å². The van der Waals surface area contributed by atoms with Crippen molar-refractivity contribution in [3.63, 3.8) is 0 Å². The summed E-state index contributed by atoms with van der Waals surface area (Å²) in [4.78, 5) is 30.8. The van der Waals surface area contributed by atoms with E-state index in [4.69, 9.17) is 4.98 Å². The molecule has 1 aliphatic rings. The number of hydrogen-bond donors (Lipinski definition) is 2. The number of carbonyl (C=O) groups is 2. The van der Waals surface area contributed by atoms with Gasteiger partial charge < -0.3 is 19.9 Å². The van der Waals surface area contributed by atoms with Crippen LogP contribution in [0.1, 0.15) is 41.5 Å². The lowest BCUT2D eigenvalue weighted by Crippen LogP contribution is -2.32. The molecule has 178 valence electrons. The van der Waals surface area contributed by atoms with Crippen LogP contribution in [0.4, 0.5) is 10.5 Å². The van der Waals surface area contributed by atoms with Crippen molar-refractivity contribution in [1.29, 1.82) is 0 Å². The van der Waals surface area contributed by atoms with Gasteiger partial charge in [-0.15, -0.1) is 0 Å². The van der Waals surface area contributed by atoms with Gasteiger partial charge in [-0.2, -0.15) is 0 Å². The molecule has 35 heavy (non-hydrogen) atoms. The van der Waals surface area contributed by atoms with Crippen molar-refractivity contribution in [2.75, 3.05) is 18.4 Å². The first kappa shape index (κ1) is 22.7. The first-order valence-electron chi connectivity index (χ1n) is 12.0. The fraction of sp³-hybridized carbons (Fsp3) is 0.250. The summed E-state index contributed by atoms with van der Waals surface area (Å²) < 4.78 is 2.18. The number of carboxylic acid groups (broad SMARTS) is 1. The number of imidazole rings is 1. The second kappa shape index (κ2) is 9.62. The number of benzene rings is 3. The van der Waals surface area contributed by atoms with Gasteiger partial charge in [0.05, 0.1) is 16.6 Å². The van der Waals surface area contributed by atoms with Crippen LogP contribution in [0.15, 0.2) is 66.7 Å². The minimum atomic E-state index is -0.935. The maximum Gasteiger partial charge on any atom is 0.336 e. The van der Waals surface area contributed by atoms with Crippen LogP contribution in [0.5, 0.6) is 0 Å². The molecule has 2 amide bonds. The quantitative estimate of drug-likeness (QED) is 0.383. The Morgan fingerprint density at radius 1 is 1.00 bits per heavy atom. The number of aryl methyl sites for hydroxylation is 1. The summed E-state index contributed by atoms with van der Waals surface area (Å²) in [6, 6.07) is 20.8. The highest BCUT2D eigenvalue weighted by molar-refractivity contribution is 5.96. The topological polar surface area (TPSA) is 87.5 Å². The Balaban J connectivity index is 1.42. The summed E-state index contributed by atoms with van der Waals surface area (Å²) in [5, 5.41) is 12.5. The van der Waals surface area contributed by atoms with E-state index in [1.807, 2.05) is 59.5 Å². The van der Waals surface area contributed by atoms with Gasteiger partial charge in [0.25, 0.3) is 0 Å². The molecule has 3 aromatic carbocycles. The fourth-order valence-corrected chi connectivity index (χ4v) is 4.71. The lowest BCUT2D eigenvalue weighted by molar-refractivity contribution is 0.0697. The molecule has 0 aliphatic carbocycles. The van der Waals surface area contributed by atoms with E-state index in [9.17, 15) is 14.7 Å². The van der Waals surface area contributed by atoms with E-state index in [0.29, 0.717) is 12.1 Å². The smallest absolute Gasteiger partial charge is 0.336 e. The van der Waals surface area contributed by atoms with Gasteiger partial charge in [-0.05, 0) is 53.8 Å². The van der Waals surface area contributed by atoms with Crippen LogP contribution in [0.3, 0.4) is 0 Å². The van der Waals surface area contributed by atoms with Crippen molar-refractivity contribution in [2.45, 2.75) is 32.7 Å². The van der Waals surface area contributed by atoms with Crippen LogP contribution in [0.25, 0.3) is 22.2 Å². The number of fused-ring (bicyclic) bond motifs is 1.